The van der Waals surface area contributed by atoms with Crippen LogP contribution in [-0.2, 0) is 0 Å². The van der Waals surface area contributed by atoms with Crippen molar-refractivity contribution < 1.29 is 0 Å². The van der Waals surface area contributed by atoms with E-state index in [-0.39, 0.29) is 11.5 Å². The third kappa shape index (κ3) is 1.98. The van der Waals surface area contributed by atoms with Crippen LogP contribution in [0.1, 0.15) is 6.92 Å². The lowest BCUT2D eigenvalue weighted by molar-refractivity contribution is 1.03. The molecule has 0 radical (unpaired) electrons. The SMILES string of the molecule is CCSn1ccc(N)nc1=O. The highest BCUT2D eigenvalue weighted by Gasteiger charge is 1.95. The first kappa shape index (κ1) is 8.13. The van der Waals surface area contributed by atoms with Crippen LogP contribution in [0.5, 0.6) is 0 Å². The zero-order valence-electron chi connectivity index (χ0n) is 6.15. The van der Waals surface area contributed by atoms with Gasteiger partial charge in [0.1, 0.15) is 5.82 Å². The van der Waals surface area contributed by atoms with Crippen molar-refractivity contribution >= 4 is 17.8 Å². The van der Waals surface area contributed by atoms with Gasteiger partial charge in [-0.15, -0.1) is 0 Å². The molecule has 0 unspecified atom stereocenters. The maximum absolute atomic E-state index is 11.0. The van der Waals surface area contributed by atoms with Crippen molar-refractivity contribution in [3.05, 3.63) is 22.7 Å². The molecule has 0 saturated carbocycles. The van der Waals surface area contributed by atoms with Gasteiger partial charge in [-0.2, -0.15) is 4.98 Å². The molecule has 1 aromatic heterocycles. The van der Waals surface area contributed by atoms with Gasteiger partial charge in [-0.3, -0.25) is 0 Å². The topological polar surface area (TPSA) is 60.9 Å². The Bertz CT molecular complexity index is 296. The van der Waals surface area contributed by atoms with E-state index in [9.17, 15) is 4.79 Å². The molecular formula is C6H9N3OS. The molecule has 4 nitrogen and oxygen atoms in total. The Morgan fingerprint density at radius 1 is 1.82 bits per heavy atom. The molecule has 0 aliphatic heterocycles. The summed E-state index contributed by atoms with van der Waals surface area (Å²) >= 11 is 1.40. The van der Waals surface area contributed by atoms with Crippen molar-refractivity contribution in [3.63, 3.8) is 0 Å². The molecule has 1 heterocycles. The Labute approximate surface area is 68.6 Å². The molecule has 1 rings (SSSR count). The molecule has 0 amide bonds. The van der Waals surface area contributed by atoms with Crippen molar-refractivity contribution in [1.29, 1.82) is 0 Å². The minimum absolute atomic E-state index is 0.267. The van der Waals surface area contributed by atoms with Gasteiger partial charge in [0, 0.05) is 11.9 Å². The Hall–Kier alpha value is -0.970. The van der Waals surface area contributed by atoms with Gasteiger partial charge >= 0.3 is 5.69 Å². The van der Waals surface area contributed by atoms with Gasteiger partial charge in [-0.25, -0.2) is 8.77 Å². The first-order chi connectivity index (χ1) is 5.24. The van der Waals surface area contributed by atoms with Crippen LogP contribution in [0.15, 0.2) is 17.1 Å². The maximum atomic E-state index is 11.0. The van der Waals surface area contributed by atoms with Crippen molar-refractivity contribution in [2.75, 3.05) is 11.5 Å². The number of aromatic nitrogens is 2. The Balaban J connectivity index is 3.00. The van der Waals surface area contributed by atoms with Crippen LogP contribution < -0.4 is 11.4 Å². The molecule has 0 atom stereocenters. The molecule has 0 bridgehead atoms. The summed E-state index contributed by atoms with van der Waals surface area (Å²) in [5.41, 5.74) is 4.98. The summed E-state index contributed by atoms with van der Waals surface area (Å²) in [6.45, 7) is 1.97. The highest BCUT2D eigenvalue weighted by atomic mass is 32.2. The van der Waals surface area contributed by atoms with Gasteiger partial charge in [0.25, 0.3) is 0 Å². The van der Waals surface area contributed by atoms with Crippen LogP contribution in [0, 0.1) is 0 Å². The lowest BCUT2D eigenvalue weighted by atomic mass is 10.6. The molecular weight excluding hydrogens is 162 g/mol. The second-order valence-corrected chi connectivity index (χ2v) is 3.11. The molecule has 0 aliphatic rings. The van der Waals surface area contributed by atoms with E-state index in [0.29, 0.717) is 0 Å². The molecule has 1 aromatic rings. The number of hydrogen-bond donors (Lipinski definition) is 1. The van der Waals surface area contributed by atoms with Gasteiger partial charge in [0.2, 0.25) is 0 Å². The Morgan fingerprint density at radius 2 is 2.55 bits per heavy atom. The molecule has 2 N–H and O–H groups in total. The first-order valence-electron chi connectivity index (χ1n) is 3.22. The smallest absolute Gasteiger partial charge is 0.359 e. The normalized spacial score (nSPS) is 9.91. The van der Waals surface area contributed by atoms with E-state index in [1.54, 1.807) is 12.3 Å². The third-order valence-electron chi connectivity index (χ3n) is 1.06. The second-order valence-electron chi connectivity index (χ2n) is 1.88. The monoisotopic (exact) mass is 171 g/mol. The minimum atomic E-state index is -0.308. The van der Waals surface area contributed by atoms with Crippen molar-refractivity contribution in [2.24, 2.45) is 0 Å². The van der Waals surface area contributed by atoms with Crippen LogP contribution in [-0.4, -0.2) is 14.7 Å². The minimum Gasteiger partial charge on any atom is -0.383 e. The van der Waals surface area contributed by atoms with E-state index in [1.807, 2.05) is 6.92 Å². The lowest BCUT2D eigenvalue weighted by Crippen LogP contribution is -2.18. The molecule has 0 aliphatic carbocycles. The number of nitrogens with zero attached hydrogens (tertiary/aromatic N) is 2. The molecule has 0 spiro atoms. The van der Waals surface area contributed by atoms with Crippen molar-refractivity contribution in [3.8, 4) is 0 Å². The van der Waals surface area contributed by atoms with Gasteiger partial charge in [-0.1, -0.05) is 6.92 Å². The lowest BCUT2D eigenvalue weighted by Gasteiger charge is -1.99. The number of hydrogen-bond acceptors (Lipinski definition) is 4. The van der Waals surface area contributed by atoms with E-state index in [1.165, 1.54) is 15.9 Å². The summed E-state index contributed by atoms with van der Waals surface area (Å²) in [7, 11) is 0. The summed E-state index contributed by atoms with van der Waals surface area (Å²) in [6, 6.07) is 1.60. The molecule has 5 heteroatoms. The zero-order valence-corrected chi connectivity index (χ0v) is 6.97. The van der Waals surface area contributed by atoms with Gasteiger partial charge in [0.15, 0.2) is 0 Å². The maximum Gasteiger partial charge on any atom is 0.359 e. The highest BCUT2D eigenvalue weighted by molar-refractivity contribution is 7.97. The first-order valence-corrected chi connectivity index (χ1v) is 4.16. The quantitative estimate of drug-likeness (QED) is 0.697. The number of rotatable bonds is 2. The van der Waals surface area contributed by atoms with E-state index >= 15 is 0 Å². The van der Waals surface area contributed by atoms with E-state index in [0.717, 1.165) is 5.75 Å². The standard InChI is InChI=1S/C6H9N3OS/c1-2-11-9-4-3-5(7)8-6(9)10/h3-4H,2H2,1H3,(H2,7,8,10). The van der Waals surface area contributed by atoms with Crippen LogP contribution in [0.2, 0.25) is 0 Å². The second kappa shape index (κ2) is 3.43. The largest absolute Gasteiger partial charge is 0.383 e. The summed E-state index contributed by atoms with van der Waals surface area (Å²) in [4.78, 5) is 14.5. The van der Waals surface area contributed by atoms with Crippen LogP contribution in [0.4, 0.5) is 5.82 Å². The summed E-state index contributed by atoms with van der Waals surface area (Å²) < 4.78 is 1.45. The fourth-order valence-corrected chi connectivity index (χ4v) is 1.22. The van der Waals surface area contributed by atoms with Crippen LogP contribution in [0.3, 0.4) is 0 Å². The van der Waals surface area contributed by atoms with Crippen molar-refractivity contribution in [1.82, 2.24) is 8.96 Å². The van der Waals surface area contributed by atoms with Gasteiger partial charge < -0.3 is 5.73 Å². The predicted octanol–water partition coefficient (Wildman–Crippen LogP) is 0.342. The average Bonchev–Trinajstić information content (AvgIpc) is 1.95. The number of nitrogen functional groups attached to an aromatic ring is 1. The predicted molar refractivity (Wildman–Crippen MR) is 46.4 cm³/mol. The molecule has 0 saturated heterocycles. The third-order valence-corrected chi connectivity index (χ3v) is 1.88. The Kier molecular flexibility index (Phi) is 2.53. The highest BCUT2D eigenvalue weighted by Crippen LogP contribution is 2.00. The van der Waals surface area contributed by atoms with Crippen molar-refractivity contribution in [2.45, 2.75) is 6.92 Å². The fraction of sp³-hybridized carbons (Fsp3) is 0.333. The molecule has 11 heavy (non-hydrogen) atoms. The van der Waals surface area contributed by atoms with E-state index in [4.69, 9.17) is 5.73 Å². The van der Waals surface area contributed by atoms with Crippen LogP contribution in [0.25, 0.3) is 0 Å². The van der Waals surface area contributed by atoms with Gasteiger partial charge in [-0.05, 0) is 18.0 Å². The Morgan fingerprint density at radius 3 is 3.09 bits per heavy atom. The number of anilines is 1. The summed E-state index contributed by atoms with van der Waals surface area (Å²) in [5, 5.41) is 0. The van der Waals surface area contributed by atoms with Crippen LogP contribution >= 0.6 is 11.9 Å². The summed E-state index contributed by atoms with van der Waals surface area (Å²) in [5.74, 6) is 1.11. The average molecular weight is 171 g/mol. The molecule has 0 aromatic carbocycles. The molecule has 60 valence electrons. The van der Waals surface area contributed by atoms with E-state index < -0.39 is 0 Å². The number of nitrogens with two attached hydrogens (primary N) is 1. The van der Waals surface area contributed by atoms with Gasteiger partial charge in [0.05, 0.1) is 0 Å². The zero-order chi connectivity index (χ0) is 8.27. The summed E-state index contributed by atoms with van der Waals surface area (Å²) in [6.07, 6.45) is 1.62. The molecule has 0 fully saturated rings. The fourth-order valence-electron chi connectivity index (χ4n) is 0.642. The van der Waals surface area contributed by atoms with E-state index in [2.05, 4.69) is 4.98 Å².